The van der Waals surface area contributed by atoms with Crippen LogP contribution in [-0.2, 0) is 0 Å². The first-order valence-corrected chi connectivity index (χ1v) is 11.8. The summed E-state index contributed by atoms with van der Waals surface area (Å²) in [4.78, 5) is 23.1. The maximum absolute atomic E-state index is 13.0. The largest absolute Gasteiger partial charge is 0.493 e. The Labute approximate surface area is 182 Å². The van der Waals surface area contributed by atoms with Crippen molar-refractivity contribution >= 4 is 55.3 Å². The van der Waals surface area contributed by atoms with Gasteiger partial charge in [-0.2, -0.15) is 0 Å². The number of benzene rings is 2. The summed E-state index contributed by atoms with van der Waals surface area (Å²) in [5, 5.41) is 1.89. The van der Waals surface area contributed by atoms with Crippen LogP contribution in [0.4, 0.5) is 5.13 Å². The first kappa shape index (κ1) is 19.3. The van der Waals surface area contributed by atoms with Crippen molar-refractivity contribution < 1.29 is 13.9 Å². The van der Waals surface area contributed by atoms with Gasteiger partial charge in [-0.1, -0.05) is 23.5 Å². The molecule has 0 atom stereocenters. The third-order valence-electron chi connectivity index (χ3n) is 5.36. The number of carbonyl (C=O) groups excluding carboxylic acids is 1. The van der Waals surface area contributed by atoms with E-state index in [1.165, 1.54) is 9.60 Å². The fraction of sp³-hybridized carbons (Fsp3) is 0.273. The number of para-hydroxylation sites is 1. The highest BCUT2D eigenvalue weighted by Crippen LogP contribution is 2.33. The SMILES string of the molecule is COc1cccc2cc(C(=O)N3CCN(c4nc5ccc(SC)cc5s4)CC3)oc12. The minimum Gasteiger partial charge on any atom is -0.493 e. The Morgan fingerprint density at radius 1 is 1.17 bits per heavy atom. The number of ether oxygens (including phenoxy) is 1. The molecule has 1 fully saturated rings. The predicted octanol–water partition coefficient (Wildman–Crippen LogP) is 4.74. The molecule has 0 bridgehead atoms. The first-order chi connectivity index (χ1) is 14.7. The molecule has 1 amide bonds. The number of furan rings is 1. The van der Waals surface area contributed by atoms with Gasteiger partial charge in [-0.15, -0.1) is 11.8 Å². The highest BCUT2D eigenvalue weighted by atomic mass is 32.2. The number of rotatable bonds is 4. The van der Waals surface area contributed by atoms with Crippen LogP contribution in [-0.4, -0.2) is 55.3 Å². The molecule has 0 N–H and O–H groups in total. The van der Waals surface area contributed by atoms with E-state index in [0.29, 0.717) is 30.2 Å². The van der Waals surface area contributed by atoms with Gasteiger partial charge in [0.05, 0.1) is 17.3 Å². The Hall–Kier alpha value is -2.71. The van der Waals surface area contributed by atoms with E-state index in [4.69, 9.17) is 14.1 Å². The maximum Gasteiger partial charge on any atom is 0.289 e. The van der Waals surface area contributed by atoms with Gasteiger partial charge in [0.15, 0.2) is 22.2 Å². The maximum atomic E-state index is 13.0. The first-order valence-electron chi connectivity index (χ1n) is 9.71. The normalized spacial score (nSPS) is 14.6. The van der Waals surface area contributed by atoms with Crippen LogP contribution in [0.3, 0.4) is 0 Å². The molecule has 1 saturated heterocycles. The molecule has 3 heterocycles. The number of methoxy groups -OCH3 is 1. The van der Waals surface area contributed by atoms with Gasteiger partial charge in [0.25, 0.3) is 5.91 Å². The summed E-state index contributed by atoms with van der Waals surface area (Å²) >= 11 is 3.45. The summed E-state index contributed by atoms with van der Waals surface area (Å²) in [6.45, 7) is 2.78. The summed E-state index contributed by atoms with van der Waals surface area (Å²) in [5.74, 6) is 0.909. The van der Waals surface area contributed by atoms with Crippen molar-refractivity contribution in [1.29, 1.82) is 0 Å². The van der Waals surface area contributed by atoms with Crippen LogP contribution < -0.4 is 9.64 Å². The van der Waals surface area contributed by atoms with Gasteiger partial charge in [0, 0.05) is 36.5 Å². The summed E-state index contributed by atoms with van der Waals surface area (Å²) in [6, 6.07) is 13.8. The summed E-state index contributed by atoms with van der Waals surface area (Å²) in [6.07, 6.45) is 2.08. The second-order valence-electron chi connectivity index (χ2n) is 7.10. The monoisotopic (exact) mass is 439 g/mol. The zero-order chi connectivity index (χ0) is 20.7. The minimum atomic E-state index is -0.0817. The van der Waals surface area contributed by atoms with Crippen LogP contribution in [0.15, 0.2) is 51.8 Å². The minimum absolute atomic E-state index is 0.0817. The van der Waals surface area contributed by atoms with E-state index in [0.717, 1.165) is 29.1 Å². The number of thiazole rings is 1. The molecule has 0 radical (unpaired) electrons. The number of nitrogens with zero attached hydrogens (tertiary/aromatic N) is 3. The van der Waals surface area contributed by atoms with Crippen molar-refractivity contribution in [3.8, 4) is 5.75 Å². The number of amides is 1. The van der Waals surface area contributed by atoms with E-state index in [1.54, 1.807) is 36.3 Å². The fourth-order valence-corrected chi connectivity index (χ4v) is 5.29. The van der Waals surface area contributed by atoms with Gasteiger partial charge in [-0.25, -0.2) is 4.98 Å². The molecule has 8 heteroatoms. The van der Waals surface area contributed by atoms with Gasteiger partial charge >= 0.3 is 0 Å². The lowest BCUT2D eigenvalue weighted by Gasteiger charge is -2.34. The molecule has 30 heavy (non-hydrogen) atoms. The van der Waals surface area contributed by atoms with Gasteiger partial charge < -0.3 is 19.0 Å². The van der Waals surface area contributed by atoms with Crippen LogP contribution in [0.2, 0.25) is 0 Å². The number of fused-ring (bicyclic) bond motifs is 2. The summed E-state index contributed by atoms with van der Waals surface area (Å²) in [7, 11) is 1.60. The molecular formula is C22H21N3O3S2. The smallest absolute Gasteiger partial charge is 0.289 e. The topological polar surface area (TPSA) is 58.8 Å². The molecule has 154 valence electrons. The number of aromatic nitrogens is 1. The van der Waals surface area contributed by atoms with Crippen molar-refractivity contribution in [1.82, 2.24) is 9.88 Å². The molecule has 0 unspecified atom stereocenters. The zero-order valence-corrected chi connectivity index (χ0v) is 18.4. The number of thioether (sulfide) groups is 1. The van der Waals surface area contributed by atoms with E-state index in [2.05, 4.69) is 29.4 Å². The van der Waals surface area contributed by atoms with Gasteiger partial charge in [-0.05, 0) is 36.6 Å². The molecule has 1 aliphatic rings. The Morgan fingerprint density at radius 2 is 2.00 bits per heavy atom. The van der Waals surface area contributed by atoms with Crippen LogP contribution >= 0.6 is 23.1 Å². The van der Waals surface area contributed by atoms with Crippen molar-refractivity contribution in [3.63, 3.8) is 0 Å². The second-order valence-corrected chi connectivity index (χ2v) is 8.99. The number of hydrogen-bond acceptors (Lipinski definition) is 7. The zero-order valence-electron chi connectivity index (χ0n) is 16.8. The Morgan fingerprint density at radius 3 is 2.77 bits per heavy atom. The molecule has 2 aromatic carbocycles. The van der Waals surface area contributed by atoms with Gasteiger partial charge in [-0.3, -0.25) is 4.79 Å². The lowest BCUT2D eigenvalue weighted by Crippen LogP contribution is -2.48. The average molecular weight is 440 g/mol. The van der Waals surface area contributed by atoms with Crippen LogP contribution in [0.1, 0.15) is 10.6 Å². The van der Waals surface area contributed by atoms with Crippen LogP contribution in [0.5, 0.6) is 5.75 Å². The molecular weight excluding hydrogens is 418 g/mol. The van der Waals surface area contributed by atoms with Gasteiger partial charge in [0.1, 0.15) is 0 Å². The van der Waals surface area contributed by atoms with E-state index >= 15 is 0 Å². The van der Waals surface area contributed by atoms with Crippen LogP contribution in [0, 0.1) is 0 Å². The van der Waals surface area contributed by atoms with Crippen molar-refractivity contribution in [2.24, 2.45) is 0 Å². The van der Waals surface area contributed by atoms with Crippen LogP contribution in [0.25, 0.3) is 21.2 Å². The van der Waals surface area contributed by atoms with E-state index in [-0.39, 0.29) is 5.91 Å². The summed E-state index contributed by atoms with van der Waals surface area (Å²) < 4.78 is 12.4. The molecule has 0 saturated carbocycles. The lowest BCUT2D eigenvalue weighted by atomic mass is 10.2. The predicted molar refractivity (Wildman–Crippen MR) is 122 cm³/mol. The molecule has 1 aliphatic heterocycles. The number of carbonyl (C=O) groups is 1. The number of hydrogen-bond donors (Lipinski definition) is 0. The second kappa shape index (κ2) is 7.85. The molecule has 2 aromatic heterocycles. The highest BCUT2D eigenvalue weighted by molar-refractivity contribution is 7.98. The third-order valence-corrected chi connectivity index (χ3v) is 7.16. The highest BCUT2D eigenvalue weighted by Gasteiger charge is 2.26. The van der Waals surface area contributed by atoms with Crippen molar-refractivity contribution in [2.45, 2.75) is 4.90 Å². The van der Waals surface area contributed by atoms with Gasteiger partial charge in [0.2, 0.25) is 0 Å². The Balaban J connectivity index is 1.30. The quantitative estimate of drug-likeness (QED) is 0.428. The summed E-state index contributed by atoms with van der Waals surface area (Å²) in [5.41, 5.74) is 1.64. The lowest BCUT2D eigenvalue weighted by molar-refractivity contribution is 0.0717. The third kappa shape index (κ3) is 3.40. The standard InChI is InChI=1S/C22H21N3O3S2/c1-27-17-5-3-4-14-12-18(28-20(14)17)21(26)24-8-10-25(11-9-24)22-23-16-7-6-15(29-2)13-19(16)30-22/h3-7,12-13H,8-11H2,1-2H3. The fourth-order valence-electron chi connectivity index (χ4n) is 3.71. The molecule has 6 nitrogen and oxygen atoms in total. The molecule has 4 aromatic rings. The number of anilines is 1. The van der Waals surface area contributed by atoms with Crippen molar-refractivity contribution in [3.05, 3.63) is 48.2 Å². The Kier molecular flexibility index (Phi) is 5.04. The molecule has 0 spiro atoms. The van der Waals surface area contributed by atoms with Crippen molar-refractivity contribution in [2.75, 3.05) is 44.4 Å². The molecule has 5 rings (SSSR count). The van der Waals surface area contributed by atoms with E-state index < -0.39 is 0 Å². The van der Waals surface area contributed by atoms with E-state index in [9.17, 15) is 4.79 Å². The van der Waals surface area contributed by atoms with E-state index in [1.807, 2.05) is 23.1 Å². The molecule has 0 aliphatic carbocycles. The average Bonchev–Trinajstić information content (AvgIpc) is 3.42. The Bertz CT molecular complexity index is 1230. The number of piperazine rings is 1.